The maximum atomic E-state index is 10.5. The van der Waals surface area contributed by atoms with Gasteiger partial charge in [-0.15, -0.1) is 0 Å². The van der Waals surface area contributed by atoms with Gasteiger partial charge in [0.2, 0.25) is 0 Å². The molecule has 1 rings (SSSR count). The first-order chi connectivity index (χ1) is 7.69. The minimum atomic E-state index is -0.531. The molecule has 1 aromatic rings. The summed E-state index contributed by atoms with van der Waals surface area (Å²) in [6.45, 7) is 2.55. The van der Waals surface area contributed by atoms with Crippen LogP contribution in [0.15, 0.2) is 18.2 Å². The van der Waals surface area contributed by atoms with Crippen LogP contribution in [0.5, 0.6) is 5.75 Å². The van der Waals surface area contributed by atoms with Gasteiger partial charge in [0.15, 0.2) is 0 Å². The molecule has 0 unspecified atom stereocenters. The van der Waals surface area contributed by atoms with E-state index >= 15 is 0 Å². The zero-order valence-corrected chi connectivity index (χ0v) is 8.97. The van der Waals surface area contributed by atoms with Gasteiger partial charge in [0.1, 0.15) is 17.4 Å². The first-order valence-corrected chi connectivity index (χ1v) is 5.00. The van der Waals surface area contributed by atoms with Crippen LogP contribution >= 0.6 is 0 Å². The molecule has 0 bridgehead atoms. The monoisotopic (exact) mass is 220 g/mol. The molecule has 0 heterocycles. The van der Waals surface area contributed by atoms with Gasteiger partial charge in [-0.1, -0.05) is 13.3 Å². The van der Waals surface area contributed by atoms with Crippen molar-refractivity contribution < 1.29 is 9.66 Å². The number of nitriles is 1. The number of hydrogen-bond acceptors (Lipinski definition) is 4. The molecular weight excluding hydrogens is 208 g/mol. The van der Waals surface area contributed by atoms with Crippen LogP contribution in [0, 0.1) is 21.4 Å². The molecule has 16 heavy (non-hydrogen) atoms. The van der Waals surface area contributed by atoms with E-state index in [1.165, 1.54) is 18.2 Å². The van der Waals surface area contributed by atoms with Crippen LogP contribution < -0.4 is 4.74 Å². The fourth-order valence-electron chi connectivity index (χ4n) is 1.17. The second-order valence-electron chi connectivity index (χ2n) is 3.25. The highest BCUT2D eigenvalue weighted by Gasteiger charge is 2.11. The van der Waals surface area contributed by atoms with Crippen molar-refractivity contribution in [3.05, 3.63) is 33.9 Å². The number of hydrogen-bond donors (Lipinski definition) is 0. The molecule has 5 nitrogen and oxygen atoms in total. The van der Waals surface area contributed by atoms with E-state index in [1.807, 2.05) is 13.0 Å². The Hall–Kier alpha value is -2.09. The highest BCUT2D eigenvalue weighted by Crippen LogP contribution is 2.23. The Kier molecular flexibility index (Phi) is 4.28. The van der Waals surface area contributed by atoms with Gasteiger partial charge in [-0.25, -0.2) is 0 Å². The molecule has 0 N–H and O–H groups in total. The van der Waals surface area contributed by atoms with E-state index < -0.39 is 4.92 Å². The summed E-state index contributed by atoms with van der Waals surface area (Å²) in [6.07, 6.45) is 1.89. The van der Waals surface area contributed by atoms with E-state index in [-0.39, 0.29) is 11.3 Å². The van der Waals surface area contributed by atoms with E-state index in [0.717, 1.165) is 12.8 Å². The molecule has 0 aliphatic carbocycles. The first-order valence-electron chi connectivity index (χ1n) is 5.00. The predicted molar refractivity (Wildman–Crippen MR) is 58.2 cm³/mol. The van der Waals surface area contributed by atoms with Crippen LogP contribution in [0.4, 0.5) is 5.69 Å². The molecule has 5 heteroatoms. The highest BCUT2D eigenvalue weighted by molar-refractivity contribution is 5.50. The van der Waals surface area contributed by atoms with Crippen molar-refractivity contribution in [3.63, 3.8) is 0 Å². The van der Waals surface area contributed by atoms with Gasteiger partial charge in [-0.2, -0.15) is 5.26 Å². The summed E-state index contributed by atoms with van der Waals surface area (Å²) in [5.74, 6) is 0.404. The zero-order valence-electron chi connectivity index (χ0n) is 8.97. The molecule has 0 atom stereocenters. The SMILES string of the molecule is CCCCOc1ccc([N+](=O)[O-])cc1C#N. The lowest BCUT2D eigenvalue weighted by atomic mass is 10.2. The van der Waals surface area contributed by atoms with Crippen molar-refractivity contribution in [2.45, 2.75) is 19.8 Å². The Bertz CT molecular complexity index is 424. The van der Waals surface area contributed by atoms with E-state index in [4.69, 9.17) is 10.00 Å². The molecule has 0 saturated heterocycles. The fourth-order valence-corrected chi connectivity index (χ4v) is 1.17. The first kappa shape index (κ1) is 12.0. The Balaban J connectivity index is 2.86. The largest absolute Gasteiger partial charge is 0.492 e. The average Bonchev–Trinajstić information content (AvgIpc) is 2.29. The molecule has 0 fully saturated rings. The van der Waals surface area contributed by atoms with E-state index in [9.17, 15) is 10.1 Å². The van der Waals surface area contributed by atoms with Crippen molar-refractivity contribution >= 4 is 5.69 Å². The van der Waals surface area contributed by atoms with E-state index in [0.29, 0.717) is 12.4 Å². The van der Waals surface area contributed by atoms with E-state index in [2.05, 4.69) is 0 Å². The summed E-state index contributed by atoms with van der Waals surface area (Å²) in [4.78, 5) is 9.96. The van der Waals surface area contributed by atoms with Crippen molar-refractivity contribution in [2.24, 2.45) is 0 Å². The number of unbranched alkanes of at least 4 members (excludes halogenated alkanes) is 1. The van der Waals surface area contributed by atoms with Crippen LogP contribution in [-0.4, -0.2) is 11.5 Å². The number of non-ortho nitro benzene ring substituents is 1. The van der Waals surface area contributed by atoms with Crippen LogP contribution in [0.2, 0.25) is 0 Å². The quantitative estimate of drug-likeness (QED) is 0.434. The zero-order chi connectivity index (χ0) is 12.0. The Labute approximate surface area is 93.4 Å². The third-order valence-electron chi connectivity index (χ3n) is 2.05. The molecule has 0 spiro atoms. The lowest BCUT2D eigenvalue weighted by Crippen LogP contribution is -1.99. The molecule has 84 valence electrons. The summed E-state index contributed by atoms with van der Waals surface area (Å²) in [5.41, 5.74) is 0.102. The second kappa shape index (κ2) is 5.71. The van der Waals surface area contributed by atoms with Gasteiger partial charge < -0.3 is 4.74 Å². The fraction of sp³-hybridized carbons (Fsp3) is 0.364. The van der Waals surface area contributed by atoms with Crippen molar-refractivity contribution in [1.82, 2.24) is 0 Å². The minimum absolute atomic E-state index is 0.0978. The maximum Gasteiger partial charge on any atom is 0.271 e. The molecule has 0 aliphatic heterocycles. The standard InChI is InChI=1S/C11H12N2O3/c1-2-3-6-16-11-5-4-10(13(14)15)7-9(11)8-12/h4-5,7H,2-3,6H2,1H3. The smallest absolute Gasteiger partial charge is 0.271 e. The normalized spacial score (nSPS) is 9.50. The molecular formula is C11H12N2O3. The molecule has 0 aliphatic rings. The summed E-state index contributed by atoms with van der Waals surface area (Å²) in [6, 6.07) is 5.91. The topological polar surface area (TPSA) is 76.2 Å². The van der Waals surface area contributed by atoms with Gasteiger partial charge in [-0.3, -0.25) is 10.1 Å². The Morgan fingerprint density at radius 3 is 2.88 bits per heavy atom. The summed E-state index contributed by atoms with van der Waals surface area (Å²) < 4.78 is 5.36. The van der Waals surface area contributed by atoms with Gasteiger partial charge in [-0.05, 0) is 12.5 Å². The number of benzene rings is 1. The second-order valence-corrected chi connectivity index (χ2v) is 3.25. The number of ether oxygens (including phenoxy) is 1. The molecule has 1 aromatic carbocycles. The van der Waals surface area contributed by atoms with Gasteiger partial charge in [0.05, 0.1) is 11.5 Å². The average molecular weight is 220 g/mol. The predicted octanol–water partition coefficient (Wildman–Crippen LogP) is 2.65. The number of nitrogens with zero attached hydrogens (tertiary/aromatic N) is 2. The number of nitro groups is 1. The highest BCUT2D eigenvalue weighted by atomic mass is 16.6. The van der Waals surface area contributed by atoms with Gasteiger partial charge >= 0.3 is 0 Å². The third kappa shape index (κ3) is 2.95. The Morgan fingerprint density at radius 2 is 2.31 bits per heavy atom. The summed E-state index contributed by atoms with van der Waals surface area (Å²) >= 11 is 0. The van der Waals surface area contributed by atoms with Crippen molar-refractivity contribution in [1.29, 1.82) is 5.26 Å². The number of nitro benzene ring substituents is 1. The third-order valence-corrected chi connectivity index (χ3v) is 2.05. The van der Waals surface area contributed by atoms with Crippen LogP contribution in [0.25, 0.3) is 0 Å². The molecule has 0 radical (unpaired) electrons. The van der Waals surface area contributed by atoms with Gasteiger partial charge in [0.25, 0.3) is 5.69 Å². The van der Waals surface area contributed by atoms with Crippen LogP contribution in [-0.2, 0) is 0 Å². The molecule has 0 saturated carbocycles. The van der Waals surface area contributed by atoms with Crippen LogP contribution in [0.1, 0.15) is 25.3 Å². The molecule has 0 amide bonds. The summed E-state index contributed by atoms with van der Waals surface area (Å²) in [5, 5.41) is 19.3. The van der Waals surface area contributed by atoms with Crippen LogP contribution in [0.3, 0.4) is 0 Å². The maximum absolute atomic E-state index is 10.5. The number of rotatable bonds is 5. The molecule has 0 aromatic heterocycles. The summed E-state index contributed by atoms with van der Waals surface area (Å²) in [7, 11) is 0. The minimum Gasteiger partial charge on any atom is -0.492 e. The lowest BCUT2D eigenvalue weighted by molar-refractivity contribution is -0.384. The lowest BCUT2D eigenvalue weighted by Gasteiger charge is -2.06. The van der Waals surface area contributed by atoms with Crippen molar-refractivity contribution in [2.75, 3.05) is 6.61 Å². The Morgan fingerprint density at radius 1 is 1.56 bits per heavy atom. The van der Waals surface area contributed by atoms with Crippen molar-refractivity contribution in [3.8, 4) is 11.8 Å². The van der Waals surface area contributed by atoms with E-state index in [1.54, 1.807) is 0 Å². The van der Waals surface area contributed by atoms with Gasteiger partial charge in [0, 0.05) is 12.1 Å².